The van der Waals surface area contributed by atoms with Crippen LogP contribution in [0.1, 0.15) is 69.3 Å². The highest BCUT2D eigenvalue weighted by Crippen LogP contribution is 2.35. The van der Waals surface area contributed by atoms with Crippen LogP contribution in [0.2, 0.25) is 0 Å². The highest BCUT2D eigenvalue weighted by atomic mass is 14.9. The van der Waals surface area contributed by atoms with Crippen molar-refractivity contribution in [2.45, 2.75) is 70.3 Å². The number of nitrogens with two attached hydrogens (primary N) is 2. The van der Waals surface area contributed by atoms with Crippen LogP contribution in [0.25, 0.3) is 5.57 Å². The lowest BCUT2D eigenvalue weighted by Crippen LogP contribution is -2.26. The third-order valence-corrected chi connectivity index (χ3v) is 5.81. The van der Waals surface area contributed by atoms with Crippen molar-refractivity contribution >= 4 is 11.3 Å². The molecular formula is C21H33N5. The zero-order valence-electron chi connectivity index (χ0n) is 16.0. The molecule has 0 aromatic carbocycles. The third kappa shape index (κ3) is 5.37. The SMILES string of the molecule is CN=C(CC1CC1)C(=CN)c1ccnc(CCCC2CCC(N)CC2)n1. The molecule has 2 aliphatic carbocycles. The molecule has 5 heteroatoms. The summed E-state index contributed by atoms with van der Waals surface area (Å²) in [5.74, 6) is 2.51. The smallest absolute Gasteiger partial charge is 0.128 e. The van der Waals surface area contributed by atoms with E-state index in [-0.39, 0.29) is 0 Å². The van der Waals surface area contributed by atoms with Crippen LogP contribution >= 0.6 is 0 Å². The molecule has 0 unspecified atom stereocenters. The number of hydrogen-bond donors (Lipinski definition) is 2. The lowest BCUT2D eigenvalue weighted by atomic mass is 9.83. The molecule has 1 aromatic rings. The molecule has 2 saturated carbocycles. The number of hydrogen-bond acceptors (Lipinski definition) is 5. The molecule has 26 heavy (non-hydrogen) atoms. The fourth-order valence-corrected chi connectivity index (χ4v) is 3.94. The van der Waals surface area contributed by atoms with E-state index >= 15 is 0 Å². The van der Waals surface area contributed by atoms with Crippen molar-refractivity contribution in [3.8, 4) is 0 Å². The predicted molar refractivity (Wildman–Crippen MR) is 108 cm³/mol. The van der Waals surface area contributed by atoms with E-state index in [0.717, 1.165) is 53.9 Å². The molecule has 1 heterocycles. The Morgan fingerprint density at radius 1 is 1.19 bits per heavy atom. The molecule has 4 N–H and O–H groups in total. The van der Waals surface area contributed by atoms with Gasteiger partial charge in [0.15, 0.2) is 0 Å². The number of rotatable bonds is 8. The summed E-state index contributed by atoms with van der Waals surface area (Å²) in [4.78, 5) is 13.7. The Bertz CT molecular complexity index is 640. The maximum absolute atomic E-state index is 6.00. The average molecular weight is 356 g/mol. The Morgan fingerprint density at radius 3 is 2.58 bits per heavy atom. The summed E-state index contributed by atoms with van der Waals surface area (Å²) in [5.41, 5.74) is 14.9. The first-order chi connectivity index (χ1) is 12.7. The molecule has 0 aliphatic heterocycles. The second-order valence-electron chi connectivity index (χ2n) is 7.93. The van der Waals surface area contributed by atoms with Gasteiger partial charge in [0.2, 0.25) is 0 Å². The molecule has 1 aromatic heterocycles. The number of allylic oxidation sites excluding steroid dienone is 1. The van der Waals surface area contributed by atoms with Crippen LogP contribution < -0.4 is 11.5 Å². The minimum Gasteiger partial charge on any atom is -0.404 e. The first-order valence-corrected chi connectivity index (χ1v) is 10.2. The van der Waals surface area contributed by atoms with E-state index in [9.17, 15) is 0 Å². The molecule has 0 spiro atoms. The minimum atomic E-state index is 0.429. The van der Waals surface area contributed by atoms with E-state index in [1.807, 2.05) is 19.3 Å². The molecule has 0 bridgehead atoms. The second-order valence-corrected chi connectivity index (χ2v) is 7.93. The maximum atomic E-state index is 6.00. The van der Waals surface area contributed by atoms with Crippen molar-refractivity contribution in [3.63, 3.8) is 0 Å². The first kappa shape index (κ1) is 19.0. The fraction of sp³-hybridized carbons (Fsp3) is 0.667. The van der Waals surface area contributed by atoms with Gasteiger partial charge in [-0.3, -0.25) is 4.99 Å². The van der Waals surface area contributed by atoms with Gasteiger partial charge in [-0.05, 0) is 69.3 Å². The van der Waals surface area contributed by atoms with E-state index in [0.29, 0.717) is 6.04 Å². The predicted octanol–water partition coefficient (Wildman–Crippen LogP) is 3.49. The van der Waals surface area contributed by atoms with Gasteiger partial charge in [-0.1, -0.05) is 6.42 Å². The Kier molecular flexibility index (Phi) is 6.78. The van der Waals surface area contributed by atoms with E-state index < -0.39 is 0 Å². The third-order valence-electron chi connectivity index (χ3n) is 5.81. The zero-order chi connectivity index (χ0) is 18.4. The lowest BCUT2D eigenvalue weighted by molar-refractivity contribution is 0.305. The Labute approximate surface area is 157 Å². The topological polar surface area (TPSA) is 90.2 Å². The Balaban J connectivity index is 1.56. The highest BCUT2D eigenvalue weighted by molar-refractivity contribution is 6.23. The van der Waals surface area contributed by atoms with Crippen molar-refractivity contribution in [1.82, 2.24) is 9.97 Å². The molecule has 2 fully saturated rings. The molecule has 5 nitrogen and oxygen atoms in total. The van der Waals surface area contributed by atoms with Crippen LogP contribution in [0.3, 0.4) is 0 Å². The van der Waals surface area contributed by atoms with Crippen molar-refractivity contribution in [3.05, 3.63) is 30.0 Å². The van der Waals surface area contributed by atoms with Crippen LogP contribution in [0.5, 0.6) is 0 Å². The second kappa shape index (κ2) is 9.26. The van der Waals surface area contributed by atoms with Gasteiger partial charge < -0.3 is 11.5 Å². The quantitative estimate of drug-likeness (QED) is 0.698. The van der Waals surface area contributed by atoms with Gasteiger partial charge in [-0.2, -0.15) is 0 Å². The van der Waals surface area contributed by atoms with E-state index in [2.05, 4.69) is 9.98 Å². The van der Waals surface area contributed by atoms with E-state index in [4.69, 9.17) is 16.5 Å². The number of aliphatic imine (C=N–C) groups is 1. The number of nitrogens with zero attached hydrogens (tertiary/aromatic N) is 3. The number of aromatic nitrogens is 2. The summed E-state index contributed by atoms with van der Waals surface area (Å²) in [5, 5.41) is 0. The van der Waals surface area contributed by atoms with Crippen LogP contribution in [0.4, 0.5) is 0 Å². The molecule has 0 amide bonds. The van der Waals surface area contributed by atoms with Crippen molar-refractivity contribution in [1.29, 1.82) is 0 Å². The van der Waals surface area contributed by atoms with Crippen molar-refractivity contribution < 1.29 is 0 Å². The van der Waals surface area contributed by atoms with Crippen LogP contribution in [0, 0.1) is 11.8 Å². The van der Waals surface area contributed by atoms with Gasteiger partial charge in [0.25, 0.3) is 0 Å². The lowest BCUT2D eigenvalue weighted by Gasteiger charge is -2.25. The highest BCUT2D eigenvalue weighted by Gasteiger charge is 2.25. The van der Waals surface area contributed by atoms with Gasteiger partial charge in [-0.25, -0.2) is 9.97 Å². The molecule has 2 aliphatic rings. The largest absolute Gasteiger partial charge is 0.404 e. The fourth-order valence-electron chi connectivity index (χ4n) is 3.94. The summed E-state index contributed by atoms with van der Waals surface area (Å²) in [7, 11) is 1.85. The van der Waals surface area contributed by atoms with Gasteiger partial charge in [0.05, 0.1) is 5.69 Å². The molecular weight excluding hydrogens is 322 g/mol. The summed E-state index contributed by atoms with van der Waals surface area (Å²) in [6.45, 7) is 0. The first-order valence-electron chi connectivity index (χ1n) is 10.2. The minimum absolute atomic E-state index is 0.429. The Hall–Kier alpha value is -1.75. The van der Waals surface area contributed by atoms with Crippen LogP contribution in [-0.2, 0) is 6.42 Å². The average Bonchev–Trinajstić information content (AvgIpc) is 3.48. The zero-order valence-corrected chi connectivity index (χ0v) is 16.0. The standard InChI is InChI=1S/C21H33N5/c1-24-20(13-16-5-6-16)18(14-22)19-11-12-25-21(26-19)4-2-3-15-7-9-17(23)10-8-15/h11-12,14-17H,2-10,13,22-23H2,1H3. The molecule has 0 atom stereocenters. The van der Waals surface area contributed by atoms with E-state index in [1.165, 1.54) is 44.9 Å². The van der Waals surface area contributed by atoms with Gasteiger partial charge >= 0.3 is 0 Å². The number of aryl methyl sites for hydroxylation is 1. The maximum Gasteiger partial charge on any atom is 0.128 e. The molecule has 3 rings (SSSR count). The van der Waals surface area contributed by atoms with Gasteiger partial charge in [0.1, 0.15) is 5.82 Å². The summed E-state index contributed by atoms with van der Waals surface area (Å²) >= 11 is 0. The molecule has 0 saturated heterocycles. The molecule has 142 valence electrons. The van der Waals surface area contributed by atoms with Crippen molar-refractivity contribution in [2.24, 2.45) is 28.3 Å². The van der Waals surface area contributed by atoms with Crippen molar-refractivity contribution in [2.75, 3.05) is 7.05 Å². The van der Waals surface area contributed by atoms with Gasteiger partial charge in [0, 0.05) is 43.2 Å². The monoisotopic (exact) mass is 355 g/mol. The molecule has 0 radical (unpaired) electrons. The van der Waals surface area contributed by atoms with Crippen LogP contribution in [0.15, 0.2) is 23.5 Å². The van der Waals surface area contributed by atoms with Gasteiger partial charge in [-0.15, -0.1) is 0 Å². The van der Waals surface area contributed by atoms with E-state index in [1.54, 1.807) is 6.20 Å². The summed E-state index contributed by atoms with van der Waals surface area (Å²) in [6, 6.07) is 2.38. The Morgan fingerprint density at radius 2 is 1.92 bits per heavy atom. The normalized spacial score (nSPS) is 24.7. The summed E-state index contributed by atoms with van der Waals surface area (Å²) < 4.78 is 0. The van der Waals surface area contributed by atoms with Crippen LogP contribution in [-0.4, -0.2) is 28.8 Å². The summed E-state index contributed by atoms with van der Waals surface area (Å²) in [6.07, 6.45) is 15.4.